The van der Waals surface area contributed by atoms with Crippen molar-refractivity contribution in [1.82, 2.24) is 0 Å². The van der Waals surface area contributed by atoms with E-state index in [1.807, 2.05) is 11.8 Å². The molecule has 1 aromatic carbocycles. The predicted octanol–water partition coefficient (Wildman–Crippen LogP) is 4.22. The summed E-state index contributed by atoms with van der Waals surface area (Å²) in [6.45, 7) is 3.01. The predicted molar refractivity (Wildman–Crippen MR) is 86.1 cm³/mol. The maximum atomic E-state index is 6.07. The second-order valence-electron chi connectivity index (χ2n) is 5.65. The average molecular weight is 342 g/mol. The number of rotatable bonds is 2. The molecule has 2 fully saturated rings. The second-order valence-corrected chi connectivity index (χ2v) is 7.61. The standard InChI is InChI=1S/C15H20BrNOS/c1-11-2-3-14(13(16)8-11)17-12-4-6-18-15(9-12)5-7-19-10-15/h2-3,8,12,17H,4-7,9-10H2,1H3. The van der Waals surface area contributed by atoms with Crippen molar-refractivity contribution in [1.29, 1.82) is 0 Å². The minimum atomic E-state index is 0.151. The molecule has 4 heteroatoms. The fourth-order valence-corrected chi connectivity index (χ4v) is 4.96. The molecule has 2 atom stereocenters. The van der Waals surface area contributed by atoms with Crippen LogP contribution in [0.3, 0.4) is 0 Å². The van der Waals surface area contributed by atoms with Gasteiger partial charge in [-0.25, -0.2) is 0 Å². The van der Waals surface area contributed by atoms with Crippen LogP contribution in [0.5, 0.6) is 0 Å². The Bertz CT molecular complexity index is 459. The third-order valence-corrected chi connectivity index (χ3v) is 5.92. The first kappa shape index (κ1) is 13.8. The first-order chi connectivity index (χ1) is 9.17. The van der Waals surface area contributed by atoms with E-state index in [1.165, 1.54) is 29.2 Å². The number of halogens is 1. The van der Waals surface area contributed by atoms with Gasteiger partial charge in [0.25, 0.3) is 0 Å². The number of benzene rings is 1. The minimum Gasteiger partial charge on any atom is -0.381 e. The molecule has 2 nitrogen and oxygen atoms in total. The van der Waals surface area contributed by atoms with Crippen molar-refractivity contribution >= 4 is 33.4 Å². The molecule has 0 radical (unpaired) electrons. The Labute approximate surface area is 127 Å². The first-order valence-electron chi connectivity index (χ1n) is 6.91. The van der Waals surface area contributed by atoms with Gasteiger partial charge in [0.2, 0.25) is 0 Å². The average Bonchev–Trinajstić information content (AvgIpc) is 2.81. The molecule has 0 amide bonds. The van der Waals surface area contributed by atoms with Crippen LogP contribution >= 0.6 is 27.7 Å². The van der Waals surface area contributed by atoms with Gasteiger partial charge >= 0.3 is 0 Å². The van der Waals surface area contributed by atoms with Crippen molar-refractivity contribution in [2.45, 2.75) is 37.8 Å². The lowest BCUT2D eigenvalue weighted by atomic mass is 9.90. The fourth-order valence-electron chi connectivity index (χ4n) is 2.97. The summed E-state index contributed by atoms with van der Waals surface area (Å²) in [6, 6.07) is 7.04. The van der Waals surface area contributed by atoms with Crippen molar-refractivity contribution < 1.29 is 4.74 Å². The summed E-state index contributed by atoms with van der Waals surface area (Å²) >= 11 is 5.68. The Kier molecular flexibility index (Phi) is 4.11. The van der Waals surface area contributed by atoms with Crippen molar-refractivity contribution in [3.8, 4) is 0 Å². The Morgan fingerprint density at radius 1 is 1.47 bits per heavy atom. The van der Waals surface area contributed by atoms with Gasteiger partial charge in [-0.3, -0.25) is 0 Å². The van der Waals surface area contributed by atoms with Crippen LogP contribution in [0, 0.1) is 6.92 Å². The molecule has 3 rings (SSSR count). The highest BCUT2D eigenvalue weighted by molar-refractivity contribution is 9.10. The van der Waals surface area contributed by atoms with E-state index in [2.05, 4.69) is 46.4 Å². The molecular weight excluding hydrogens is 322 g/mol. The van der Waals surface area contributed by atoms with Gasteiger partial charge in [-0.05, 0) is 65.6 Å². The van der Waals surface area contributed by atoms with Gasteiger partial charge in [0.05, 0.1) is 5.60 Å². The van der Waals surface area contributed by atoms with E-state index in [0.717, 1.165) is 23.9 Å². The molecule has 2 unspecified atom stereocenters. The van der Waals surface area contributed by atoms with Crippen LogP contribution in [0.4, 0.5) is 5.69 Å². The summed E-state index contributed by atoms with van der Waals surface area (Å²) in [5, 5.41) is 3.69. The van der Waals surface area contributed by atoms with Crippen LogP contribution in [0.1, 0.15) is 24.8 Å². The Morgan fingerprint density at radius 2 is 2.37 bits per heavy atom. The van der Waals surface area contributed by atoms with Crippen LogP contribution < -0.4 is 5.32 Å². The number of hydrogen-bond donors (Lipinski definition) is 1. The maximum Gasteiger partial charge on any atom is 0.0799 e. The van der Waals surface area contributed by atoms with Gasteiger partial charge < -0.3 is 10.1 Å². The molecule has 0 aromatic heterocycles. The van der Waals surface area contributed by atoms with Gasteiger partial charge in [-0.15, -0.1) is 0 Å². The van der Waals surface area contributed by atoms with Gasteiger partial charge in [0, 0.05) is 28.6 Å². The molecule has 1 N–H and O–H groups in total. The molecule has 19 heavy (non-hydrogen) atoms. The molecule has 2 saturated heterocycles. The molecule has 104 valence electrons. The summed E-state index contributed by atoms with van der Waals surface area (Å²) < 4.78 is 7.23. The smallest absolute Gasteiger partial charge is 0.0799 e. The van der Waals surface area contributed by atoms with Crippen LogP contribution in [0.2, 0.25) is 0 Å². The third-order valence-electron chi connectivity index (χ3n) is 4.04. The van der Waals surface area contributed by atoms with Crippen molar-refractivity contribution in [2.24, 2.45) is 0 Å². The number of ether oxygens (including phenoxy) is 1. The maximum absolute atomic E-state index is 6.07. The van der Waals surface area contributed by atoms with E-state index in [-0.39, 0.29) is 5.60 Å². The fraction of sp³-hybridized carbons (Fsp3) is 0.600. The SMILES string of the molecule is Cc1ccc(NC2CCOC3(CCSC3)C2)c(Br)c1. The number of thioether (sulfide) groups is 1. The summed E-state index contributed by atoms with van der Waals surface area (Å²) in [5.74, 6) is 2.42. The lowest BCUT2D eigenvalue weighted by Crippen LogP contribution is -2.44. The molecule has 0 bridgehead atoms. The lowest BCUT2D eigenvalue weighted by Gasteiger charge is -2.38. The molecule has 2 aliphatic rings. The molecule has 1 spiro atoms. The summed E-state index contributed by atoms with van der Waals surface area (Å²) in [5.41, 5.74) is 2.64. The van der Waals surface area contributed by atoms with E-state index in [0.29, 0.717) is 6.04 Å². The normalized spacial score (nSPS) is 30.7. The third kappa shape index (κ3) is 3.11. The molecule has 0 aliphatic carbocycles. The van der Waals surface area contributed by atoms with Crippen molar-refractivity contribution in [3.05, 3.63) is 28.2 Å². The van der Waals surface area contributed by atoms with Gasteiger partial charge in [0.15, 0.2) is 0 Å². The summed E-state index contributed by atoms with van der Waals surface area (Å²) in [6.07, 6.45) is 3.46. The van der Waals surface area contributed by atoms with E-state index in [4.69, 9.17) is 4.74 Å². The first-order valence-corrected chi connectivity index (χ1v) is 8.86. The monoisotopic (exact) mass is 341 g/mol. The quantitative estimate of drug-likeness (QED) is 0.869. The zero-order valence-corrected chi connectivity index (χ0v) is 13.6. The van der Waals surface area contributed by atoms with E-state index < -0.39 is 0 Å². The van der Waals surface area contributed by atoms with E-state index in [1.54, 1.807) is 0 Å². The van der Waals surface area contributed by atoms with Gasteiger partial charge in [0.1, 0.15) is 0 Å². The van der Waals surface area contributed by atoms with Crippen LogP contribution in [-0.2, 0) is 4.74 Å². The highest BCUT2D eigenvalue weighted by Crippen LogP contribution is 2.39. The largest absolute Gasteiger partial charge is 0.381 e. The second kappa shape index (κ2) is 5.66. The van der Waals surface area contributed by atoms with Gasteiger partial charge in [-0.2, -0.15) is 11.8 Å². The van der Waals surface area contributed by atoms with E-state index >= 15 is 0 Å². The molecule has 1 aromatic rings. The lowest BCUT2D eigenvalue weighted by molar-refractivity contribution is -0.0628. The van der Waals surface area contributed by atoms with E-state index in [9.17, 15) is 0 Å². The minimum absolute atomic E-state index is 0.151. The highest BCUT2D eigenvalue weighted by Gasteiger charge is 2.40. The Balaban J connectivity index is 1.69. The van der Waals surface area contributed by atoms with Crippen LogP contribution in [-0.4, -0.2) is 29.8 Å². The van der Waals surface area contributed by atoms with Crippen LogP contribution in [0.15, 0.2) is 22.7 Å². The summed E-state index contributed by atoms with van der Waals surface area (Å²) in [7, 11) is 0. The van der Waals surface area contributed by atoms with Crippen molar-refractivity contribution in [2.75, 3.05) is 23.4 Å². The zero-order valence-electron chi connectivity index (χ0n) is 11.2. The Hall–Kier alpha value is -0.190. The topological polar surface area (TPSA) is 21.3 Å². The molecule has 2 aliphatic heterocycles. The molecule has 0 saturated carbocycles. The number of aryl methyl sites for hydroxylation is 1. The summed E-state index contributed by atoms with van der Waals surface area (Å²) in [4.78, 5) is 0. The number of hydrogen-bond acceptors (Lipinski definition) is 3. The number of nitrogens with one attached hydrogen (secondary N) is 1. The Morgan fingerprint density at radius 3 is 3.11 bits per heavy atom. The highest BCUT2D eigenvalue weighted by atomic mass is 79.9. The molecular formula is C15H20BrNOS. The van der Waals surface area contributed by atoms with Crippen molar-refractivity contribution in [3.63, 3.8) is 0 Å². The number of anilines is 1. The zero-order chi connectivity index (χ0) is 13.3. The van der Waals surface area contributed by atoms with Gasteiger partial charge in [-0.1, -0.05) is 6.07 Å². The molecule has 2 heterocycles. The van der Waals surface area contributed by atoms with Crippen LogP contribution in [0.25, 0.3) is 0 Å².